The van der Waals surface area contributed by atoms with E-state index in [1.807, 2.05) is 30.3 Å². The zero-order chi connectivity index (χ0) is 20.5. The molecule has 0 aliphatic carbocycles. The number of aromatic hydroxyl groups is 1. The second-order valence-electron chi connectivity index (χ2n) is 8.22. The summed E-state index contributed by atoms with van der Waals surface area (Å²) in [5.74, 6) is 1.47. The Morgan fingerprint density at radius 3 is 2.43 bits per heavy atom. The summed E-state index contributed by atoms with van der Waals surface area (Å²) in [7, 11) is 0. The van der Waals surface area contributed by atoms with E-state index < -0.39 is 0 Å². The molecule has 2 N–H and O–H groups in total. The maximum atomic E-state index is 12.5. The van der Waals surface area contributed by atoms with Gasteiger partial charge in [-0.15, -0.1) is 6.07 Å². The molecule has 0 unspecified atom stereocenters. The van der Waals surface area contributed by atoms with Gasteiger partial charge in [0.25, 0.3) is 0 Å². The fourth-order valence-corrected chi connectivity index (χ4v) is 3.81. The zero-order valence-electron chi connectivity index (χ0n) is 17.6. The fourth-order valence-electron chi connectivity index (χ4n) is 3.81. The van der Waals surface area contributed by atoms with E-state index >= 15 is 0 Å². The number of anilines is 1. The molecule has 0 saturated carbocycles. The van der Waals surface area contributed by atoms with Crippen molar-refractivity contribution in [3.05, 3.63) is 58.5 Å². The summed E-state index contributed by atoms with van der Waals surface area (Å²) in [6, 6.07) is 14.4. The van der Waals surface area contributed by atoms with E-state index in [1.54, 1.807) is 0 Å². The van der Waals surface area contributed by atoms with Crippen LogP contribution in [-0.2, 0) is 21.1 Å². The van der Waals surface area contributed by atoms with Crippen molar-refractivity contribution in [2.24, 2.45) is 5.92 Å². The van der Waals surface area contributed by atoms with Crippen molar-refractivity contribution in [1.82, 2.24) is 14.8 Å². The molecule has 30 heavy (non-hydrogen) atoms. The van der Waals surface area contributed by atoms with Crippen LogP contribution in [0.15, 0.2) is 41.2 Å². The van der Waals surface area contributed by atoms with Crippen molar-refractivity contribution >= 4 is 5.69 Å². The van der Waals surface area contributed by atoms with E-state index in [0.29, 0.717) is 17.1 Å². The predicted octanol–water partition coefficient (Wildman–Crippen LogP) is 4.09. The first-order valence-corrected chi connectivity index (χ1v) is 10.2. The third-order valence-electron chi connectivity index (χ3n) is 5.74. The third kappa shape index (κ3) is 4.39. The molecule has 0 bridgehead atoms. The maximum Gasteiger partial charge on any atom is 0.348 e. The van der Waals surface area contributed by atoms with E-state index in [4.69, 9.17) is 0 Å². The smallest absolute Gasteiger partial charge is 0.348 e. The number of nitrogens with zero attached hydrogens (tertiary/aromatic N) is 3. The van der Waals surface area contributed by atoms with Crippen LogP contribution in [0.4, 0.5) is 5.69 Å². The summed E-state index contributed by atoms with van der Waals surface area (Å²) < 4.78 is 1.50. The number of hydrogen-bond donors (Lipinski definition) is 2. The summed E-state index contributed by atoms with van der Waals surface area (Å²) in [6.45, 7) is 8.54. The SMILES string of the molecule is CC1CCN(c2ccc(-n3c(-c4cc(C(C)C)[c-]cc4O)n[nH]c3=O)cc2)CC1.[Mo]. The van der Waals surface area contributed by atoms with Gasteiger partial charge in [-0.2, -0.15) is 22.8 Å². The molecule has 4 rings (SSSR count). The van der Waals surface area contributed by atoms with Crippen LogP contribution in [0.25, 0.3) is 17.1 Å². The van der Waals surface area contributed by atoms with Crippen LogP contribution < -0.4 is 10.6 Å². The van der Waals surface area contributed by atoms with Crippen molar-refractivity contribution in [2.75, 3.05) is 18.0 Å². The molecule has 1 aliphatic heterocycles. The van der Waals surface area contributed by atoms with Gasteiger partial charge in [0.15, 0.2) is 0 Å². The number of hydrogen-bond acceptors (Lipinski definition) is 4. The Hall–Kier alpha value is -2.33. The Balaban J connectivity index is 0.00000256. The fraction of sp³-hybridized carbons (Fsp3) is 0.391. The summed E-state index contributed by atoms with van der Waals surface area (Å²) in [5.41, 5.74) is 3.01. The molecule has 0 spiro atoms. The largest absolute Gasteiger partial charge is 0.565 e. The Kier molecular flexibility index (Phi) is 6.87. The minimum Gasteiger partial charge on any atom is -0.565 e. The van der Waals surface area contributed by atoms with Crippen LogP contribution >= 0.6 is 0 Å². The van der Waals surface area contributed by atoms with Gasteiger partial charge in [-0.1, -0.05) is 20.8 Å². The van der Waals surface area contributed by atoms with E-state index in [-0.39, 0.29) is 38.4 Å². The van der Waals surface area contributed by atoms with E-state index in [0.717, 1.165) is 30.3 Å². The molecule has 158 valence electrons. The van der Waals surface area contributed by atoms with Crippen LogP contribution in [-0.4, -0.2) is 33.0 Å². The molecule has 2 aromatic carbocycles. The van der Waals surface area contributed by atoms with Crippen molar-refractivity contribution in [1.29, 1.82) is 0 Å². The van der Waals surface area contributed by atoms with E-state index in [1.165, 1.54) is 23.5 Å². The molecule has 1 aromatic heterocycles. The monoisotopic (exact) mass is 489 g/mol. The normalized spacial score (nSPS) is 14.7. The maximum absolute atomic E-state index is 12.5. The zero-order valence-corrected chi connectivity index (χ0v) is 19.6. The summed E-state index contributed by atoms with van der Waals surface area (Å²) >= 11 is 0. The van der Waals surface area contributed by atoms with Gasteiger partial charge < -0.3 is 10.0 Å². The van der Waals surface area contributed by atoms with Crippen LogP contribution in [0.3, 0.4) is 0 Å². The van der Waals surface area contributed by atoms with Crippen LogP contribution in [0.2, 0.25) is 0 Å². The molecular weight excluding hydrogens is 460 g/mol. The molecule has 0 atom stereocenters. The number of rotatable bonds is 4. The topological polar surface area (TPSA) is 74.2 Å². The van der Waals surface area contributed by atoms with Gasteiger partial charge in [0.2, 0.25) is 0 Å². The molecule has 6 nitrogen and oxygen atoms in total. The van der Waals surface area contributed by atoms with E-state index in [2.05, 4.69) is 41.9 Å². The Labute approximate surface area is 191 Å². The average molecular weight is 487 g/mol. The number of piperidine rings is 1. The first-order chi connectivity index (χ1) is 13.9. The second kappa shape index (κ2) is 9.21. The Morgan fingerprint density at radius 2 is 1.80 bits per heavy atom. The van der Waals surface area contributed by atoms with Crippen molar-refractivity contribution in [2.45, 2.75) is 39.5 Å². The summed E-state index contributed by atoms with van der Waals surface area (Å²) in [6.07, 6.45) is 2.41. The predicted molar refractivity (Wildman–Crippen MR) is 115 cm³/mol. The molecule has 1 fully saturated rings. The quantitative estimate of drug-likeness (QED) is 0.430. The van der Waals surface area contributed by atoms with Gasteiger partial charge in [-0.3, -0.25) is 0 Å². The third-order valence-corrected chi connectivity index (χ3v) is 5.74. The van der Waals surface area contributed by atoms with Crippen LogP contribution in [0.1, 0.15) is 45.1 Å². The number of aromatic nitrogens is 3. The molecular formula is C23H27MoN4O2-. The minimum atomic E-state index is -0.335. The standard InChI is InChI=1S/C23H27N4O2.Mo/c1-15(2)17-4-9-21(28)20(14-17)22-24-25-23(29)27(22)19-7-5-18(6-8-19)26-12-10-16(3)11-13-26;/h5-9,14-16,28H,10-13H2,1-3H3,(H,25,29);/q-1;. The van der Waals surface area contributed by atoms with Crippen molar-refractivity contribution < 1.29 is 26.2 Å². The average Bonchev–Trinajstić information content (AvgIpc) is 3.10. The number of benzene rings is 2. The van der Waals surface area contributed by atoms with Gasteiger partial charge in [-0.25, -0.2) is 14.5 Å². The number of nitrogens with one attached hydrogen (secondary N) is 1. The van der Waals surface area contributed by atoms with Gasteiger partial charge in [0.1, 0.15) is 5.82 Å². The van der Waals surface area contributed by atoms with Crippen molar-refractivity contribution in [3.63, 3.8) is 0 Å². The Morgan fingerprint density at radius 1 is 1.17 bits per heavy atom. The first kappa shape index (κ1) is 22.4. The number of phenolic OH excluding ortho intramolecular Hbond substituents is 1. The molecule has 2 heterocycles. The summed E-state index contributed by atoms with van der Waals surface area (Å²) in [4.78, 5) is 14.9. The molecule has 3 aromatic rings. The van der Waals surface area contributed by atoms with Crippen molar-refractivity contribution in [3.8, 4) is 22.8 Å². The number of H-pyrrole nitrogens is 1. The number of phenols is 1. The molecule has 7 heteroatoms. The van der Waals surface area contributed by atoms with Crippen LogP contribution in [0, 0.1) is 12.0 Å². The molecule has 0 radical (unpaired) electrons. The minimum absolute atomic E-state index is 0. The number of aromatic amines is 1. The van der Waals surface area contributed by atoms with Gasteiger partial charge in [0.05, 0.1) is 5.69 Å². The van der Waals surface area contributed by atoms with Gasteiger partial charge in [0, 0.05) is 45.6 Å². The first-order valence-electron chi connectivity index (χ1n) is 10.2. The summed E-state index contributed by atoms with van der Waals surface area (Å²) in [5, 5.41) is 17.1. The second-order valence-corrected chi connectivity index (χ2v) is 8.22. The van der Waals surface area contributed by atoms with Crippen LogP contribution in [0.5, 0.6) is 5.75 Å². The van der Waals surface area contributed by atoms with Gasteiger partial charge >= 0.3 is 5.69 Å². The molecule has 1 saturated heterocycles. The Bertz CT molecular complexity index is 1050. The molecule has 1 aliphatic rings. The van der Waals surface area contributed by atoms with Gasteiger partial charge in [-0.05, 0) is 54.5 Å². The molecule has 0 amide bonds. The van der Waals surface area contributed by atoms with E-state index in [9.17, 15) is 9.90 Å².